The highest BCUT2D eigenvalue weighted by atomic mass is 16.5. The van der Waals surface area contributed by atoms with Crippen molar-refractivity contribution >= 4 is 12.0 Å². The van der Waals surface area contributed by atoms with E-state index in [1.807, 2.05) is 0 Å². The second-order valence-electron chi connectivity index (χ2n) is 4.90. The number of rotatable bonds is 4. The largest absolute Gasteiger partial charge is 0.478 e. The van der Waals surface area contributed by atoms with E-state index in [1.165, 1.54) is 0 Å². The molecule has 1 aliphatic rings. The Morgan fingerprint density at radius 3 is 2.86 bits per heavy atom. The molecule has 6 heteroatoms. The van der Waals surface area contributed by atoms with Crippen LogP contribution in [0.4, 0.5) is 4.79 Å². The molecular weight excluding hydrogens is 272 g/mol. The molecule has 1 fully saturated rings. The van der Waals surface area contributed by atoms with Gasteiger partial charge in [-0.3, -0.25) is 0 Å². The number of carbonyl (C=O) groups excluding carboxylic acids is 1. The topological polar surface area (TPSA) is 78.9 Å². The molecule has 2 amide bonds. The normalized spacial score (nSPS) is 15.3. The van der Waals surface area contributed by atoms with E-state index in [9.17, 15) is 9.59 Å². The highest BCUT2D eigenvalue weighted by Crippen LogP contribution is 2.09. The lowest BCUT2D eigenvalue weighted by atomic mass is 10.0. The van der Waals surface area contributed by atoms with Crippen LogP contribution in [-0.2, 0) is 11.2 Å². The third-order valence-electron chi connectivity index (χ3n) is 3.43. The third-order valence-corrected chi connectivity index (χ3v) is 3.43. The lowest BCUT2D eigenvalue weighted by Gasteiger charge is -2.20. The van der Waals surface area contributed by atoms with Gasteiger partial charge >= 0.3 is 12.0 Å². The van der Waals surface area contributed by atoms with Gasteiger partial charge in [0.15, 0.2) is 0 Å². The van der Waals surface area contributed by atoms with Crippen molar-refractivity contribution in [1.29, 1.82) is 0 Å². The van der Waals surface area contributed by atoms with Crippen molar-refractivity contribution in [3.63, 3.8) is 0 Å². The van der Waals surface area contributed by atoms with Crippen molar-refractivity contribution in [3.05, 3.63) is 35.4 Å². The summed E-state index contributed by atoms with van der Waals surface area (Å²) >= 11 is 0. The fourth-order valence-electron chi connectivity index (χ4n) is 2.31. The van der Waals surface area contributed by atoms with E-state index in [1.54, 1.807) is 29.2 Å². The zero-order valence-corrected chi connectivity index (χ0v) is 11.9. The molecule has 114 valence electrons. The van der Waals surface area contributed by atoms with Crippen LogP contribution in [0.5, 0.6) is 0 Å². The number of hydrogen-bond acceptors (Lipinski definition) is 3. The van der Waals surface area contributed by atoms with Crippen molar-refractivity contribution < 1.29 is 19.4 Å². The summed E-state index contributed by atoms with van der Waals surface area (Å²) < 4.78 is 5.30. The van der Waals surface area contributed by atoms with Crippen LogP contribution in [0.25, 0.3) is 0 Å². The van der Waals surface area contributed by atoms with Gasteiger partial charge in [-0.05, 0) is 24.5 Å². The van der Waals surface area contributed by atoms with Crippen LogP contribution < -0.4 is 5.32 Å². The number of amides is 2. The molecule has 1 saturated heterocycles. The summed E-state index contributed by atoms with van der Waals surface area (Å²) in [5.74, 6) is -0.943. The molecule has 1 aromatic carbocycles. The standard InChI is InChI=1S/C15H20N2O4/c18-14(19)13-5-2-1-4-12(13)6-7-16-15(20)17-8-3-10-21-11-9-17/h1-2,4-5H,3,6-11H2,(H,16,20)(H,18,19). The zero-order valence-electron chi connectivity index (χ0n) is 11.9. The van der Waals surface area contributed by atoms with Gasteiger partial charge in [-0.15, -0.1) is 0 Å². The number of nitrogens with zero attached hydrogens (tertiary/aromatic N) is 1. The number of nitrogens with one attached hydrogen (secondary N) is 1. The number of urea groups is 1. The molecule has 0 atom stereocenters. The summed E-state index contributed by atoms with van der Waals surface area (Å²) in [6.45, 7) is 2.96. The molecule has 0 saturated carbocycles. The molecule has 2 rings (SSSR count). The minimum Gasteiger partial charge on any atom is -0.478 e. The number of benzene rings is 1. The van der Waals surface area contributed by atoms with Crippen molar-refractivity contribution in [2.24, 2.45) is 0 Å². The molecule has 0 unspecified atom stereocenters. The monoisotopic (exact) mass is 292 g/mol. The first kappa shape index (κ1) is 15.3. The fourth-order valence-corrected chi connectivity index (χ4v) is 2.31. The van der Waals surface area contributed by atoms with Crippen molar-refractivity contribution in [3.8, 4) is 0 Å². The number of aromatic carboxylic acids is 1. The predicted molar refractivity (Wildman–Crippen MR) is 77.5 cm³/mol. The lowest BCUT2D eigenvalue weighted by Crippen LogP contribution is -2.42. The van der Waals surface area contributed by atoms with Gasteiger partial charge in [-0.1, -0.05) is 18.2 Å². The first-order valence-corrected chi connectivity index (χ1v) is 7.10. The zero-order chi connectivity index (χ0) is 15.1. The molecule has 0 aliphatic carbocycles. The summed E-state index contributed by atoms with van der Waals surface area (Å²) in [6.07, 6.45) is 1.34. The highest BCUT2D eigenvalue weighted by Gasteiger charge is 2.15. The first-order chi connectivity index (χ1) is 10.2. The van der Waals surface area contributed by atoms with Crippen LogP contribution in [0.3, 0.4) is 0 Å². The smallest absolute Gasteiger partial charge is 0.335 e. The molecule has 0 spiro atoms. The fraction of sp³-hybridized carbons (Fsp3) is 0.467. The van der Waals surface area contributed by atoms with Gasteiger partial charge < -0.3 is 20.1 Å². The minimum absolute atomic E-state index is 0.117. The van der Waals surface area contributed by atoms with E-state index in [-0.39, 0.29) is 11.6 Å². The Morgan fingerprint density at radius 2 is 2.05 bits per heavy atom. The number of carboxylic acid groups (broad SMARTS) is 1. The summed E-state index contributed by atoms with van der Waals surface area (Å²) in [6, 6.07) is 6.73. The van der Waals surface area contributed by atoms with Crippen molar-refractivity contribution in [2.75, 3.05) is 32.8 Å². The molecule has 1 aromatic rings. The van der Waals surface area contributed by atoms with Gasteiger partial charge in [0.05, 0.1) is 12.2 Å². The Balaban J connectivity index is 1.83. The second-order valence-corrected chi connectivity index (χ2v) is 4.90. The maximum absolute atomic E-state index is 12.0. The molecule has 0 aromatic heterocycles. The van der Waals surface area contributed by atoms with Crippen molar-refractivity contribution in [1.82, 2.24) is 10.2 Å². The van der Waals surface area contributed by atoms with Crippen LogP contribution in [-0.4, -0.2) is 54.9 Å². The minimum atomic E-state index is -0.943. The van der Waals surface area contributed by atoms with Gasteiger partial charge in [0.1, 0.15) is 0 Å². The molecule has 21 heavy (non-hydrogen) atoms. The van der Waals surface area contributed by atoms with Gasteiger partial charge in [-0.25, -0.2) is 9.59 Å². The highest BCUT2D eigenvalue weighted by molar-refractivity contribution is 5.89. The van der Waals surface area contributed by atoms with E-state index in [0.717, 1.165) is 12.0 Å². The number of hydrogen-bond donors (Lipinski definition) is 2. The van der Waals surface area contributed by atoms with E-state index in [4.69, 9.17) is 9.84 Å². The average Bonchev–Trinajstić information content (AvgIpc) is 2.76. The average molecular weight is 292 g/mol. The summed E-state index contributed by atoms with van der Waals surface area (Å²) in [4.78, 5) is 24.8. The summed E-state index contributed by atoms with van der Waals surface area (Å²) in [7, 11) is 0. The van der Waals surface area contributed by atoms with Gasteiger partial charge in [0.25, 0.3) is 0 Å². The Labute approximate surface area is 123 Å². The van der Waals surface area contributed by atoms with Crippen LogP contribution in [0.1, 0.15) is 22.3 Å². The molecular formula is C15H20N2O4. The second kappa shape index (κ2) is 7.64. The van der Waals surface area contributed by atoms with Crippen LogP contribution in [0.15, 0.2) is 24.3 Å². The quantitative estimate of drug-likeness (QED) is 0.878. The predicted octanol–water partition coefficient (Wildman–Crippen LogP) is 1.36. The Kier molecular flexibility index (Phi) is 5.57. The summed E-state index contributed by atoms with van der Waals surface area (Å²) in [5.41, 5.74) is 1.01. The Morgan fingerprint density at radius 1 is 1.24 bits per heavy atom. The Bertz CT molecular complexity index is 496. The number of carboxylic acids is 1. The maximum Gasteiger partial charge on any atom is 0.335 e. The molecule has 0 bridgehead atoms. The molecule has 1 heterocycles. The van der Waals surface area contributed by atoms with Crippen LogP contribution >= 0.6 is 0 Å². The van der Waals surface area contributed by atoms with Gasteiger partial charge in [0.2, 0.25) is 0 Å². The SMILES string of the molecule is O=C(O)c1ccccc1CCNC(=O)N1CCCOCC1. The van der Waals surface area contributed by atoms with Gasteiger partial charge in [0, 0.05) is 26.2 Å². The Hall–Kier alpha value is -2.08. The summed E-state index contributed by atoms with van der Waals surface area (Å²) in [5, 5.41) is 11.9. The van der Waals surface area contributed by atoms with E-state index in [2.05, 4.69) is 5.32 Å². The van der Waals surface area contributed by atoms with E-state index < -0.39 is 5.97 Å². The van der Waals surface area contributed by atoms with Crippen LogP contribution in [0, 0.1) is 0 Å². The first-order valence-electron chi connectivity index (χ1n) is 7.10. The lowest BCUT2D eigenvalue weighted by molar-refractivity contribution is 0.0695. The van der Waals surface area contributed by atoms with E-state index >= 15 is 0 Å². The molecule has 0 radical (unpaired) electrons. The van der Waals surface area contributed by atoms with Gasteiger partial charge in [-0.2, -0.15) is 0 Å². The number of ether oxygens (including phenoxy) is 1. The number of carbonyl (C=O) groups is 2. The van der Waals surface area contributed by atoms with E-state index in [0.29, 0.717) is 39.3 Å². The third kappa shape index (κ3) is 4.46. The molecule has 6 nitrogen and oxygen atoms in total. The maximum atomic E-state index is 12.0. The molecule has 2 N–H and O–H groups in total. The van der Waals surface area contributed by atoms with Crippen LogP contribution in [0.2, 0.25) is 0 Å². The molecule has 1 aliphatic heterocycles. The van der Waals surface area contributed by atoms with Crippen molar-refractivity contribution in [2.45, 2.75) is 12.8 Å².